The molecule has 0 saturated carbocycles. The van der Waals surface area contributed by atoms with Gasteiger partial charge in [0.2, 0.25) is 10.0 Å². The first-order valence-electron chi connectivity index (χ1n) is 5.72. The maximum absolute atomic E-state index is 12.2. The van der Waals surface area contributed by atoms with Crippen molar-refractivity contribution in [2.24, 2.45) is 7.05 Å². The number of nitrogens with two attached hydrogens (primary N) is 1. The third-order valence-electron chi connectivity index (χ3n) is 2.61. The number of aromatic nitrogens is 3. The Labute approximate surface area is 121 Å². The molecule has 0 aromatic carbocycles. The zero-order valence-corrected chi connectivity index (χ0v) is 13.0. The average Bonchev–Trinajstić information content (AvgIpc) is 2.93. The van der Waals surface area contributed by atoms with Crippen LogP contribution in [0.2, 0.25) is 0 Å². The largest absolute Gasteiger partial charge is 0.382 e. The van der Waals surface area contributed by atoms with Crippen LogP contribution in [0.5, 0.6) is 0 Å². The standard InChI is InChI=1S/C10H16N6O2S2/c1-15(2)20(17,18)8-9(11)14-19-10(8)12-6-7-4-5-16(3)13-7/h4-5,12H,6H2,1-3H3,(H2,11,14). The molecule has 8 nitrogen and oxygen atoms in total. The van der Waals surface area contributed by atoms with Gasteiger partial charge in [0.1, 0.15) is 5.00 Å². The Bertz CT molecular complexity index is 703. The molecule has 10 heteroatoms. The molecule has 2 aromatic rings. The van der Waals surface area contributed by atoms with Crippen LogP contribution in [0.3, 0.4) is 0 Å². The van der Waals surface area contributed by atoms with Crippen molar-refractivity contribution >= 4 is 32.4 Å². The van der Waals surface area contributed by atoms with Crippen LogP contribution in [0.15, 0.2) is 17.2 Å². The van der Waals surface area contributed by atoms with Crippen LogP contribution >= 0.6 is 11.5 Å². The summed E-state index contributed by atoms with van der Waals surface area (Å²) in [6.07, 6.45) is 1.82. The highest BCUT2D eigenvalue weighted by Crippen LogP contribution is 2.33. The maximum Gasteiger partial charge on any atom is 0.249 e. The Hall–Kier alpha value is -1.65. The summed E-state index contributed by atoms with van der Waals surface area (Å²) >= 11 is 1.02. The minimum absolute atomic E-state index is 0.00669. The van der Waals surface area contributed by atoms with E-state index in [9.17, 15) is 8.42 Å². The molecule has 0 amide bonds. The monoisotopic (exact) mass is 316 g/mol. The zero-order valence-electron chi connectivity index (χ0n) is 11.4. The second-order valence-electron chi connectivity index (χ2n) is 4.35. The Kier molecular flexibility index (Phi) is 3.97. The van der Waals surface area contributed by atoms with E-state index in [0.717, 1.165) is 21.5 Å². The molecule has 2 heterocycles. The Morgan fingerprint density at radius 1 is 1.50 bits per heavy atom. The number of rotatable bonds is 5. The van der Waals surface area contributed by atoms with Crippen LogP contribution in [0, 0.1) is 0 Å². The van der Waals surface area contributed by atoms with E-state index in [0.29, 0.717) is 11.5 Å². The molecular weight excluding hydrogens is 300 g/mol. The van der Waals surface area contributed by atoms with E-state index < -0.39 is 10.0 Å². The van der Waals surface area contributed by atoms with Gasteiger partial charge in [-0.15, -0.1) is 0 Å². The number of anilines is 2. The third kappa shape index (κ3) is 2.76. The average molecular weight is 316 g/mol. The van der Waals surface area contributed by atoms with Gasteiger partial charge in [0.05, 0.1) is 12.2 Å². The van der Waals surface area contributed by atoms with Crippen molar-refractivity contribution in [3.63, 3.8) is 0 Å². The highest BCUT2D eigenvalue weighted by atomic mass is 32.2. The molecule has 0 fully saturated rings. The summed E-state index contributed by atoms with van der Waals surface area (Å²) in [6.45, 7) is 0.401. The number of hydrogen-bond acceptors (Lipinski definition) is 7. The lowest BCUT2D eigenvalue weighted by Gasteiger charge is -2.12. The summed E-state index contributed by atoms with van der Waals surface area (Å²) in [6, 6.07) is 1.84. The van der Waals surface area contributed by atoms with Crippen molar-refractivity contribution in [2.75, 3.05) is 25.1 Å². The van der Waals surface area contributed by atoms with E-state index in [1.807, 2.05) is 19.3 Å². The second kappa shape index (κ2) is 5.38. The van der Waals surface area contributed by atoms with E-state index in [-0.39, 0.29) is 10.7 Å². The summed E-state index contributed by atoms with van der Waals surface area (Å²) in [5.74, 6) is 0.00669. The molecule has 0 saturated heterocycles. The fraction of sp³-hybridized carbons (Fsp3) is 0.400. The predicted molar refractivity (Wildman–Crippen MR) is 77.9 cm³/mol. The van der Waals surface area contributed by atoms with Gasteiger partial charge < -0.3 is 11.1 Å². The fourth-order valence-corrected chi connectivity index (χ4v) is 3.64. The minimum Gasteiger partial charge on any atom is -0.382 e. The van der Waals surface area contributed by atoms with E-state index in [1.165, 1.54) is 14.1 Å². The molecule has 2 rings (SSSR count). The molecule has 0 unspecified atom stereocenters. The lowest BCUT2D eigenvalue weighted by molar-refractivity contribution is 0.521. The van der Waals surface area contributed by atoms with Gasteiger partial charge in [-0.25, -0.2) is 12.7 Å². The minimum atomic E-state index is -3.63. The molecule has 3 N–H and O–H groups in total. The number of nitrogens with zero attached hydrogens (tertiary/aromatic N) is 4. The van der Waals surface area contributed by atoms with Crippen LogP contribution in [0.4, 0.5) is 10.8 Å². The highest BCUT2D eigenvalue weighted by Gasteiger charge is 2.27. The van der Waals surface area contributed by atoms with Gasteiger partial charge in [-0.3, -0.25) is 4.68 Å². The molecule has 110 valence electrons. The number of sulfonamides is 1. The first-order valence-corrected chi connectivity index (χ1v) is 7.94. The van der Waals surface area contributed by atoms with Crippen molar-refractivity contribution in [2.45, 2.75) is 11.4 Å². The smallest absolute Gasteiger partial charge is 0.249 e. The molecule has 20 heavy (non-hydrogen) atoms. The summed E-state index contributed by atoms with van der Waals surface area (Å²) in [5, 5.41) is 7.64. The third-order valence-corrected chi connectivity index (χ3v) is 5.45. The van der Waals surface area contributed by atoms with Crippen LogP contribution in [0.25, 0.3) is 0 Å². The lowest BCUT2D eigenvalue weighted by Crippen LogP contribution is -2.23. The van der Waals surface area contributed by atoms with Gasteiger partial charge in [0, 0.05) is 27.3 Å². The molecule has 0 bridgehead atoms. The first kappa shape index (κ1) is 14.8. The van der Waals surface area contributed by atoms with Crippen LogP contribution in [0.1, 0.15) is 5.69 Å². The Morgan fingerprint density at radius 2 is 2.20 bits per heavy atom. The SMILES string of the molecule is CN(C)S(=O)(=O)c1c(N)nsc1NCc1ccn(C)n1. The zero-order chi connectivity index (χ0) is 14.9. The Morgan fingerprint density at radius 3 is 2.75 bits per heavy atom. The predicted octanol–water partition coefficient (Wildman–Crippen LogP) is 0.321. The number of hydrogen-bond donors (Lipinski definition) is 2. The highest BCUT2D eigenvalue weighted by molar-refractivity contribution is 7.89. The van der Waals surface area contributed by atoms with E-state index in [2.05, 4.69) is 14.8 Å². The topological polar surface area (TPSA) is 106 Å². The quantitative estimate of drug-likeness (QED) is 0.823. The summed E-state index contributed by atoms with van der Waals surface area (Å²) in [5.41, 5.74) is 6.47. The summed E-state index contributed by atoms with van der Waals surface area (Å²) in [4.78, 5) is 0.0171. The number of aryl methyl sites for hydroxylation is 1. The number of nitrogen functional groups attached to an aromatic ring is 1. The van der Waals surface area contributed by atoms with Crippen molar-refractivity contribution in [3.05, 3.63) is 18.0 Å². The molecule has 0 spiro atoms. The van der Waals surface area contributed by atoms with Crippen molar-refractivity contribution < 1.29 is 8.42 Å². The van der Waals surface area contributed by atoms with Crippen LogP contribution in [-0.4, -0.2) is 41.0 Å². The van der Waals surface area contributed by atoms with Gasteiger partial charge >= 0.3 is 0 Å². The Balaban J connectivity index is 2.26. The van der Waals surface area contributed by atoms with Gasteiger partial charge in [-0.1, -0.05) is 0 Å². The lowest BCUT2D eigenvalue weighted by atomic mass is 10.4. The molecule has 2 aromatic heterocycles. The second-order valence-corrected chi connectivity index (χ2v) is 7.21. The van der Waals surface area contributed by atoms with Crippen LogP contribution in [-0.2, 0) is 23.6 Å². The van der Waals surface area contributed by atoms with Gasteiger partial charge in [-0.05, 0) is 17.6 Å². The van der Waals surface area contributed by atoms with E-state index >= 15 is 0 Å². The van der Waals surface area contributed by atoms with E-state index in [1.54, 1.807) is 4.68 Å². The molecular formula is C10H16N6O2S2. The molecule has 0 aliphatic carbocycles. The van der Waals surface area contributed by atoms with Gasteiger partial charge in [0.25, 0.3) is 0 Å². The van der Waals surface area contributed by atoms with Crippen molar-refractivity contribution in [3.8, 4) is 0 Å². The summed E-state index contributed by atoms with van der Waals surface area (Å²) < 4.78 is 31.1. The molecule has 0 aliphatic heterocycles. The number of nitrogens with one attached hydrogen (secondary N) is 1. The summed E-state index contributed by atoms with van der Waals surface area (Å²) in [7, 11) is 1.10. The van der Waals surface area contributed by atoms with E-state index in [4.69, 9.17) is 5.73 Å². The molecule has 0 radical (unpaired) electrons. The van der Waals surface area contributed by atoms with Crippen LogP contribution < -0.4 is 11.1 Å². The molecule has 0 atom stereocenters. The maximum atomic E-state index is 12.2. The normalized spacial score (nSPS) is 12.0. The van der Waals surface area contributed by atoms with Crippen molar-refractivity contribution in [1.82, 2.24) is 18.5 Å². The van der Waals surface area contributed by atoms with Gasteiger partial charge in [0.15, 0.2) is 10.7 Å². The molecule has 0 aliphatic rings. The van der Waals surface area contributed by atoms with Crippen molar-refractivity contribution in [1.29, 1.82) is 0 Å². The first-order chi connectivity index (χ1) is 9.32. The fourth-order valence-electron chi connectivity index (χ4n) is 1.57. The van der Waals surface area contributed by atoms with Gasteiger partial charge in [-0.2, -0.15) is 9.47 Å².